The fourth-order valence-corrected chi connectivity index (χ4v) is 5.77. The maximum Gasteiger partial charge on any atom is 0.472 e. The molecule has 3 heterocycles. The number of phosphoric ester groups is 1. The molecule has 0 saturated carbocycles. The number of fused-ring (bicyclic) bond motifs is 1. The Kier molecular flexibility index (Phi) is 13.3. The van der Waals surface area contributed by atoms with Crippen molar-refractivity contribution in [2.24, 2.45) is 0 Å². The summed E-state index contributed by atoms with van der Waals surface area (Å²) in [6, 6.07) is 3.34. The van der Waals surface area contributed by atoms with E-state index in [1.165, 1.54) is 62.2 Å². The maximum atomic E-state index is 12.3. The molecule has 0 aliphatic carbocycles. The Morgan fingerprint density at radius 3 is 2.35 bits per heavy atom. The van der Waals surface area contributed by atoms with Crippen LogP contribution in [-0.2, 0) is 28.7 Å². The lowest BCUT2D eigenvalue weighted by Gasteiger charge is -2.27. The van der Waals surface area contributed by atoms with Crippen LogP contribution in [0.4, 0.5) is 5.82 Å². The van der Waals surface area contributed by atoms with E-state index >= 15 is 0 Å². The van der Waals surface area contributed by atoms with E-state index in [-0.39, 0.29) is 12.4 Å². The fourth-order valence-electron chi connectivity index (χ4n) is 5.00. The molecule has 1 fully saturated rings. The Bertz CT molecular complexity index is 1070. The van der Waals surface area contributed by atoms with E-state index in [4.69, 9.17) is 24.3 Å². The normalized spacial score (nSPS) is 24.6. The van der Waals surface area contributed by atoms with E-state index in [0.29, 0.717) is 30.8 Å². The van der Waals surface area contributed by atoms with Crippen LogP contribution in [0.5, 0.6) is 0 Å². The summed E-state index contributed by atoms with van der Waals surface area (Å²) in [7, 11) is -4.40. The third kappa shape index (κ3) is 9.19. The summed E-state index contributed by atoms with van der Waals surface area (Å²) in [5.41, 5.74) is 5.46. The molecule has 1 aliphatic heterocycles. The number of aliphatic hydroxyl groups is 2. The van der Waals surface area contributed by atoms with Gasteiger partial charge in [-0.25, -0.2) is 14.1 Å². The van der Waals surface area contributed by atoms with Crippen LogP contribution >= 0.6 is 7.82 Å². The van der Waals surface area contributed by atoms with E-state index in [2.05, 4.69) is 17.0 Å². The molecule has 13 heteroatoms. The lowest BCUT2D eigenvalue weighted by Crippen LogP contribution is -2.39. The number of unbranched alkanes of at least 4 members (excludes halogenated alkanes) is 9. The Morgan fingerprint density at radius 1 is 1.00 bits per heavy atom. The van der Waals surface area contributed by atoms with Gasteiger partial charge < -0.3 is 30.3 Å². The fraction of sp³-hybridized carbons (Fsp3) is 0.778. The monoisotopic (exact) mass is 586 g/mol. The molecule has 228 valence electrons. The van der Waals surface area contributed by atoms with Gasteiger partial charge in [0, 0.05) is 13.2 Å². The summed E-state index contributed by atoms with van der Waals surface area (Å²) in [5.74, 6) is 0.250. The zero-order chi connectivity index (χ0) is 29.0. The van der Waals surface area contributed by atoms with E-state index < -0.39 is 38.3 Å². The minimum atomic E-state index is -4.40. The van der Waals surface area contributed by atoms with Gasteiger partial charge in [-0.2, -0.15) is 5.10 Å². The van der Waals surface area contributed by atoms with Gasteiger partial charge in [-0.05, 0) is 31.9 Å². The smallest absolute Gasteiger partial charge is 0.387 e. The molecular formula is C27H47N4O8P. The summed E-state index contributed by atoms with van der Waals surface area (Å²) >= 11 is 0. The predicted molar refractivity (Wildman–Crippen MR) is 151 cm³/mol. The summed E-state index contributed by atoms with van der Waals surface area (Å²) in [6.07, 6.45) is 10.5. The average molecular weight is 587 g/mol. The second kappa shape index (κ2) is 16.1. The minimum absolute atomic E-state index is 0.0164. The standard InChI is InChI=1S/C27H47N4O8P/c1-3-4-5-6-7-8-9-10-11-12-16-36-17-13-18-37-40(34,35)38-19-22-24(32)25(33)27(2,39-22)23-15-14-21-26(28)29-20-30-31(21)23/h14-15,20,22,24-25,32-33H,3-13,16-19H2,1-2H3,(H,34,35)(H2,28,29,30)/t22-,24-,25-,27+/m1/s1. The first kappa shape index (κ1) is 32.9. The van der Waals surface area contributed by atoms with Crippen molar-refractivity contribution in [2.45, 2.75) is 108 Å². The highest BCUT2D eigenvalue weighted by Gasteiger charge is 2.54. The van der Waals surface area contributed by atoms with Crippen molar-refractivity contribution in [1.82, 2.24) is 14.6 Å². The summed E-state index contributed by atoms with van der Waals surface area (Å²) < 4.78 is 35.4. The second-order valence-corrected chi connectivity index (χ2v) is 12.1. The molecule has 1 saturated heterocycles. The highest BCUT2D eigenvalue weighted by molar-refractivity contribution is 7.47. The highest BCUT2D eigenvalue weighted by Crippen LogP contribution is 2.46. The molecule has 2 aromatic rings. The van der Waals surface area contributed by atoms with Gasteiger partial charge in [0.1, 0.15) is 35.8 Å². The highest BCUT2D eigenvalue weighted by atomic mass is 31.2. The first-order chi connectivity index (χ1) is 19.2. The van der Waals surface area contributed by atoms with Crippen molar-refractivity contribution in [3.05, 3.63) is 24.2 Å². The summed E-state index contributed by atoms with van der Waals surface area (Å²) in [4.78, 5) is 14.0. The molecule has 2 aromatic heterocycles. The summed E-state index contributed by atoms with van der Waals surface area (Å²) in [6.45, 7) is 4.43. The molecule has 1 unspecified atom stereocenters. The Morgan fingerprint density at radius 2 is 1.65 bits per heavy atom. The molecule has 0 amide bonds. The molecule has 3 rings (SSSR count). The van der Waals surface area contributed by atoms with E-state index in [0.717, 1.165) is 12.8 Å². The topological polar surface area (TPSA) is 171 Å². The lowest BCUT2D eigenvalue weighted by molar-refractivity contribution is -0.0888. The third-order valence-electron chi connectivity index (χ3n) is 7.39. The average Bonchev–Trinajstić information content (AvgIpc) is 3.47. The number of nitrogens with two attached hydrogens (primary N) is 1. The van der Waals surface area contributed by atoms with Crippen molar-refractivity contribution in [2.75, 3.05) is 32.2 Å². The van der Waals surface area contributed by atoms with Gasteiger partial charge in [0.2, 0.25) is 0 Å². The number of rotatable bonds is 20. The molecule has 0 bridgehead atoms. The number of hydrogen-bond donors (Lipinski definition) is 4. The quantitative estimate of drug-likeness (QED) is 0.130. The zero-order valence-electron chi connectivity index (χ0n) is 23.8. The number of ether oxygens (including phenoxy) is 2. The van der Waals surface area contributed by atoms with Crippen molar-refractivity contribution in [3.63, 3.8) is 0 Å². The van der Waals surface area contributed by atoms with E-state index in [1.54, 1.807) is 19.1 Å². The minimum Gasteiger partial charge on any atom is -0.387 e. The molecule has 40 heavy (non-hydrogen) atoms. The molecule has 0 aromatic carbocycles. The molecule has 0 radical (unpaired) electrons. The summed E-state index contributed by atoms with van der Waals surface area (Å²) in [5, 5.41) is 25.5. The molecule has 5 atom stereocenters. The van der Waals surface area contributed by atoms with Gasteiger partial charge in [-0.3, -0.25) is 9.05 Å². The first-order valence-electron chi connectivity index (χ1n) is 14.5. The van der Waals surface area contributed by atoms with Crippen molar-refractivity contribution in [1.29, 1.82) is 0 Å². The van der Waals surface area contributed by atoms with Crippen molar-refractivity contribution < 1.29 is 38.2 Å². The van der Waals surface area contributed by atoms with Crippen LogP contribution in [0.1, 0.15) is 90.2 Å². The van der Waals surface area contributed by atoms with Crippen molar-refractivity contribution >= 4 is 19.2 Å². The van der Waals surface area contributed by atoms with Crippen LogP contribution in [0, 0.1) is 0 Å². The van der Waals surface area contributed by atoms with E-state index in [9.17, 15) is 19.7 Å². The van der Waals surface area contributed by atoms with Crippen LogP contribution in [0.3, 0.4) is 0 Å². The van der Waals surface area contributed by atoms with Crippen LogP contribution in [0.2, 0.25) is 0 Å². The largest absolute Gasteiger partial charge is 0.472 e. The Balaban J connectivity index is 1.29. The van der Waals surface area contributed by atoms with Crippen LogP contribution in [0.15, 0.2) is 18.5 Å². The number of aromatic nitrogens is 3. The van der Waals surface area contributed by atoms with Gasteiger partial charge in [-0.15, -0.1) is 0 Å². The van der Waals surface area contributed by atoms with Gasteiger partial charge in [0.05, 0.1) is 18.9 Å². The zero-order valence-corrected chi connectivity index (χ0v) is 24.7. The van der Waals surface area contributed by atoms with Crippen LogP contribution in [0.25, 0.3) is 5.52 Å². The maximum absolute atomic E-state index is 12.3. The Hall–Kier alpha value is -1.63. The SMILES string of the molecule is CCCCCCCCCCCCOCCCOP(=O)(O)OC[C@H]1O[C@@](C)(c2ccc3c(N)ncnn23)[C@H](O)[C@@H]1O. The number of hydrogen-bond acceptors (Lipinski definition) is 10. The molecule has 0 spiro atoms. The van der Waals surface area contributed by atoms with Crippen LogP contribution in [-0.4, -0.2) is 74.4 Å². The molecular weight excluding hydrogens is 539 g/mol. The number of phosphoric acid groups is 1. The van der Waals surface area contributed by atoms with Gasteiger partial charge in [-0.1, -0.05) is 64.7 Å². The Labute approximate surface area is 236 Å². The first-order valence-corrected chi connectivity index (χ1v) is 16.0. The molecule has 5 N–H and O–H groups in total. The number of anilines is 1. The van der Waals surface area contributed by atoms with Gasteiger partial charge in [0.15, 0.2) is 5.82 Å². The van der Waals surface area contributed by atoms with Gasteiger partial charge in [0.25, 0.3) is 0 Å². The number of aliphatic hydroxyl groups excluding tert-OH is 2. The van der Waals surface area contributed by atoms with E-state index in [1.807, 2.05) is 0 Å². The second-order valence-electron chi connectivity index (χ2n) is 10.6. The van der Waals surface area contributed by atoms with Crippen LogP contribution < -0.4 is 5.73 Å². The number of nitrogen functional groups attached to an aromatic ring is 1. The molecule has 12 nitrogen and oxygen atoms in total. The van der Waals surface area contributed by atoms with Crippen molar-refractivity contribution in [3.8, 4) is 0 Å². The third-order valence-corrected chi connectivity index (χ3v) is 8.37. The molecule has 1 aliphatic rings. The number of nitrogens with zero attached hydrogens (tertiary/aromatic N) is 3. The lowest BCUT2D eigenvalue weighted by atomic mass is 9.93. The predicted octanol–water partition coefficient (Wildman–Crippen LogP) is 4.11. The van der Waals surface area contributed by atoms with Gasteiger partial charge >= 0.3 is 7.82 Å².